The second-order valence-electron chi connectivity index (χ2n) is 4.08. The van der Waals surface area contributed by atoms with Crippen molar-refractivity contribution in [1.29, 1.82) is 0 Å². The van der Waals surface area contributed by atoms with E-state index in [4.69, 9.17) is 22.4 Å². The van der Waals surface area contributed by atoms with Crippen LogP contribution in [0.1, 0.15) is 24.5 Å². The van der Waals surface area contributed by atoms with Gasteiger partial charge >= 0.3 is 0 Å². The Kier molecular flexibility index (Phi) is 6.52. The van der Waals surface area contributed by atoms with E-state index in [0.29, 0.717) is 6.54 Å². The Morgan fingerprint density at radius 2 is 2.18 bits per heavy atom. The minimum atomic E-state index is 0.232. The maximum absolute atomic E-state index is 8.83. The summed E-state index contributed by atoms with van der Waals surface area (Å²) >= 11 is 6.21. The van der Waals surface area contributed by atoms with E-state index in [1.165, 1.54) is 0 Å². The van der Waals surface area contributed by atoms with Gasteiger partial charge in [0.25, 0.3) is 0 Å². The average molecular weight is 257 g/mol. The SMILES string of the molecule is CCN(CCCO)Cc1ccc(CN)cc1Cl. The van der Waals surface area contributed by atoms with Gasteiger partial charge in [-0.2, -0.15) is 0 Å². The Balaban J connectivity index is 2.65. The van der Waals surface area contributed by atoms with Crippen LogP contribution in [0.4, 0.5) is 0 Å². The van der Waals surface area contributed by atoms with Crippen molar-refractivity contribution in [3.8, 4) is 0 Å². The van der Waals surface area contributed by atoms with Crippen LogP contribution in [0.25, 0.3) is 0 Å². The summed E-state index contributed by atoms with van der Waals surface area (Å²) in [4.78, 5) is 2.26. The van der Waals surface area contributed by atoms with E-state index in [9.17, 15) is 0 Å². The zero-order chi connectivity index (χ0) is 12.7. The van der Waals surface area contributed by atoms with Crippen molar-refractivity contribution in [3.63, 3.8) is 0 Å². The van der Waals surface area contributed by atoms with E-state index in [-0.39, 0.29) is 6.61 Å². The lowest BCUT2D eigenvalue weighted by Gasteiger charge is -2.20. The number of benzene rings is 1. The van der Waals surface area contributed by atoms with Gasteiger partial charge in [-0.25, -0.2) is 0 Å². The summed E-state index contributed by atoms with van der Waals surface area (Å²) in [5.74, 6) is 0. The molecule has 0 saturated carbocycles. The monoisotopic (exact) mass is 256 g/mol. The van der Waals surface area contributed by atoms with Gasteiger partial charge in [0.05, 0.1) is 0 Å². The van der Waals surface area contributed by atoms with Gasteiger partial charge in [-0.15, -0.1) is 0 Å². The van der Waals surface area contributed by atoms with E-state index in [2.05, 4.69) is 11.8 Å². The van der Waals surface area contributed by atoms with Gasteiger partial charge in [-0.3, -0.25) is 4.90 Å². The highest BCUT2D eigenvalue weighted by Gasteiger charge is 2.07. The molecule has 3 N–H and O–H groups in total. The third-order valence-corrected chi connectivity index (χ3v) is 3.18. The van der Waals surface area contributed by atoms with Gasteiger partial charge in [-0.1, -0.05) is 30.7 Å². The van der Waals surface area contributed by atoms with Gasteiger partial charge < -0.3 is 10.8 Å². The van der Waals surface area contributed by atoms with E-state index in [1.807, 2.05) is 18.2 Å². The summed E-state index contributed by atoms with van der Waals surface area (Å²) in [5, 5.41) is 9.61. The van der Waals surface area contributed by atoms with Crippen LogP contribution < -0.4 is 5.73 Å². The van der Waals surface area contributed by atoms with Crippen LogP contribution in [-0.2, 0) is 13.1 Å². The van der Waals surface area contributed by atoms with Crippen molar-refractivity contribution in [2.45, 2.75) is 26.4 Å². The molecule has 0 unspecified atom stereocenters. The Hall–Kier alpha value is -0.610. The lowest BCUT2D eigenvalue weighted by molar-refractivity contribution is 0.225. The largest absolute Gasteiger partial charge is 0.396 e. The molecule has 0 aromatic heterocycles. The van der Waals surface area contributed by atoms with Crippen LogP contribution in [-0.4, -0.2) is 29.7 Å². The summed E-state index contributed by atoms with van der Waals surface area (Å²) in [7, 11) is 0. The Labute approximate surface area is 108 Å². The molecule has 0 saturated heterocycles. The molecule has 0 fully saturated rings. The molecule has 0 spiro atoms. The molecule has 3 nitrogen and oxygen atoms in total. The molecule has 0 atom stereocenters. The minimum absolute atomic E-state index is 0.232. The molecule has 0 aliphatic carbocycles. The molecule has 0 heterocycles. The van der Waals surface area contributed by atoms with Gasteiger partial charge in [0.1, 0.15) is 0 Å². The number of nitrogens with zero attached hydrogens (tertiary/aromatic N) is 1. The maximum atomic E-state index is 8.83. The molecule has 1 rings (SSSR count). The molecule has 96 valence electrons. The van der Waals surface area contributed by atoms with Crippen LogP contribution in [0.5, 0.6) is 0 Å². The summed E-state index contributed by atoms with van der Waals surface area (Å²) in [6.07, 6.45) is 0.798. The van der Waals surface area contributed by atoms with Gasteiger partial charge in [0.15, 0.2) is 0 Å². The van der Waals surface area contributed by atoms with Gasteiger partial charge in [-0.05, 0) is 30.2 Å². The van der Waals surface area contributed by atoms with Crippen LogP contribution >= 0.6 is 11.6 Å². The van der Waals surface area contributed by atoms with Crippen molar-refractivity contribution in [1.82, 2.24) is 4.90 Å². The molecule has 17 heavy (non-hydrogen) atoms. The van der Waals surface area contributed by atoms with Crippen LogP contribution in [0.15, 0.2) is 18.2 Å². The second kappa shape index (κ2) is 7.67. The molecule has 0 aliphatic rings. The van der Waals surface area contributed by atoms with Crippen LogP contribution in [0.3, 0.4) is 0 Å². The molecule has 0 radical (unpaired) electrons. The third kappa shape index (κ3) is 4.64. The minimum Gasteiger partial charge on any atom is -0.396 e. The molecule has 1 aromatic carbocycles. The van der Waals surface area contributed by atoms with E-state index < -0.39 is 0 Å². The van der Waals surface area contributed by atoms with Gasteiger partial charge in [0, 0.05) is 31.3 Å². The van der Waals surface area contributed by atoms with E-state index in [1.54, 1.807) is 0 Å². The fourth-order valence-electron chi connectivity index (χ4n) is 1.73. The third-order valence-electron chi connectivity index (χ3n) is 2.83. The highest BCUT2D eigenvalue weighted by atomic mass is 35.5. The number of hydrogen-bond donors (Lipinski definition) is 2. The summed E-state index contributed by atoms with van der Waals surface area (Å²) in [6.45, 7) is 5.52. The first-order chi connectivity index (χ1) is 8.21. The summed E-state index contributed by atoms with van der Waals surface area (Å²) < 4.78 is 0. The van der Waals surface area contributed by atoms with Gasteiger partial charge in [0.2, 0.25) is 0 Å². The molecule has 0 aliphatic heterocycles. The Bertz CT molecular complexity index is 344. The number of nitrogens with two attached hydrogens (primary N) is 1. The quantitative estimate of drug-likeness (QED) is 0.785. The lowest BCUT2D eigenvalue weighted by atomic mass is 10.1. The standard InChI is InChI=1S/C13H21ClN2O/c1-2-16(6-3-7-17)10-12-5-4-11(9-15)8-13(12)14/h4-5,8,17H,2-3,6-7,9-10,15H2,1H3. The molecule has 0 bridgehead atoms. The number of hydrogen-bond acceptors (Lipinski definition) is 3. The molecule has 1 aromatic rings. The van der Waals surface area contributed by atoms with Crippen molar-refractivity contribution >= 4 is 11.6 Å². The number of rotatable bonds is 7. The first-order valence-electron chi connectivity index (χ1n) is 6.01. The van der Waals surface area contributed by atoms with Crippen molar-refractivity contribution < 1.29 is 5.11 Å². The molecule has 4 heteroatoms. The lowest BCUT2D eigenvalue weighted by Crippen LogP contribution is -2.24. The first-order valence-corrected chi connectivity index (χ1v) is 6.39. The highest BCUT2D eigenvalue weighted by Crippen LogP contribution is 2.19. The normalized spacial score (nSPS) is 11.1. The summed E-state index contributed by atoms with van der Waals surface area (Å²) in [6, 6.07) is 5.98. The zero-order valence-corrected chi connectivity index (χ0v) is 11.1. The smallest absolute Gasteiger partial charge is 0.0454 e. The Morgan fingerprint density at radius 3 is 2.71 bits per heavy atom. The maximum Gasteiger partial charge on any atom is 0.0454 e. The fraction of sp³-hybridized carbons (Fsp3) is 0.538. The predicted molar refractivity (Wildman–Crippen MR) is 72.0 cm³/mol. The van der Waals surface area contributed by atoms with E-state index in [0.717, 1.165) is 42.2 Å². The van der Waals surface area contributed by atoms with Crippen LogP contribution in [0, 0.1) is 0 Å². The predicted octanol–water partition coefficient (Wildman–Crippen LogP) is 2.00. The van der Waals surface area contributed by atoms with E-state index >= 15 is 0 Å². The average Bonchev–Trinajstić information content (AvgIpc) is 2.36. The number of aliphatic hydroxyl groups is 1. The van der Waals surface area contributed by atoms with Crippen molar-refractivity contribution in [2.75, 3.05) is 19.7 Å². The zero-order valence-electron chi connectivity index (χ0n) is 10.3. The number of aliphatic hydroxyl groups excluding tert-OH is 1. The molecular weight excluding hydrogens is 236 g/mol. The van der Waals surface area contributed by atoms with Crippen molar-refractivity contribution in [2.24, 2.45) is 5.73 Å². The second-order valence-corrected chi connectivity index (χ2v) is 4.48. The Morgan fingerprint density at radius 1 is 1.41 bits per heavy atom. The highest BCUT2D eigenvalue weighted by molar-refractivity contribution is 6.31. The topological polar surface area (TPSA) is 49.5 Å². The van der Waals surface area contributed by atoms with Crippen molar-refractivity contribution in [3.05, 3.63) is 34.3 Å². The first kappa shape index (κ1) is 14.5. The fourth-order valence-corrected chi connectivity index (χ4v) is 1.99. The molecule has 0 amide bonds. The number of halogens is 1. The van der Waals surface area contributed by atoms with Crippen LogP contribution in [0.2, 0.25) is 5.02 Å². The summed E-state index contributed by atoms with van der Waals surface area (Å²) in [5.41, 5.74) is 7.73. The molecular formula is C13H21ClN2O.